The molecule has 0 spiro atoms. The van der Waals surface area contributed by atoms with Gasteiger partial charge in [-0.2, -0.15) is 0 Å². The van der Waals surface area contributed by atoms with Gasteiger partial charge in [-0.15, -0.1) is 6.58 Å². The average molecular weight is 182 g/mol. The van der Waals surface area contributed by atoms with Crippen molar-refractivity contribution in [1.82, 2.24) is 10.6 Å². The number of hydrogen-bond acceptors (Lipinski definition) is 2. The number of rotatable bonds is 5. The van der Waals surface area contributed by atoms with Crippen molar-refractivity contribution >= 4 is 5.91 Å². The maximum Gasteiger partial charge on any atom is 0.227 e. The zero-order chi connectivity index (χ0) is 9.73. The number of amides is 1. The van der Waals surface area contributed by atoms with Crippen molar-refractivity contribution in [3.05, 3.63) is 12.7 Å². The van der Waals surface area contributed by atoms with Gasteiger partial charge in [0.15, 0.2) is 0 Å². The predicted molar refractivity (Wildman–Crippen MR) is 53.4 cm³/mol. The van der Waals surface area contributed by atoms with Crippen molar-refractivity contribution < 1.29 is 4.79 Å². The summed E-state index contributed by atoms with van der Waals surface area (Å²) in [7, 11) is 1.89. The summed E-state index contributed by atoms with van der Waals surface area (Å²) in [6, 6.07) is 0. The van der Waals surface area contributed by atoms with Gasteiger partial charge < -0.3 is 10.6 Å². The monoisotopic (exact) mass is 182 g/mol. The zero-order valence-corrected chi connectivity index (χ0v) is 8.23. The summed E-state index contributed by atoms with van der Waals surface area (Å²) in [6.45, 7) is 4.94. The van der Waals surface area contributed by atoms with Crippen molar-refractivity contribution in [1.29, 1.82) is 0 Å². The molecule has 0 radical (unpaired) electrons. The predicted octanol–water partition coefficient (Wildman–Crippen LogP) is 0.678. The first-order valence-electron chi connectivity index (χ1n) is 4.79. The van der Waals surface area contributed by atoms with E-state index in [1.807, 2.05) is 7.05 Å². The molecule has 0 aliphatic heterocycles. The molecule has 1 aliphatic carbocycles. The maximum atomic E-state index is 11.7. The lowest BCUT2D eigenvalue weighted by Crippen LogP contribution is -2.51. The van der Waals surface area contributed by atoms with Crippen molar-refractivity contribution in [3.8, 4) is 0 Å². The highest BCUT2D eigenvalue weighted by Gasteiger charge is 2.42. The van der Waals surface area contributed by atoms with Crippen LogP contribution in [-0.2, 0) is 4.79 Å². The van der Waals surface area contributed by atoms with Crippen LogP contribution in [-0.4, -0.2) is 26.0 Å². The van der Waals surface area contributed by atoms with Crippen LogP contribution in [0, 0.1) is 5.41 Å². The Morgan fingerprint density at radius 1 is 1.62 bits per heavy atom. The van der Waals surface area contributed by atoms with Gasteiger partial charge in [-0.05, 0) is 19.9 Å². The van der Waals surface area contributed by atoms with Gasteiger partial charge in [0, 0.05) is 13.1 Å². The molecule has 3 nitrogen and oxygen atoms in total. The molecule has 0 heterocycles. The van der Waals surface area contributed by atoms with Crippen molar-refractivity contribution in [2.45, 2.75) is 19.3 Å². The molecule has 1 amide bonds. The van der Waals surface area contributed by atoms with E-state index in [1.54, 1.807) is 6.08 Å². The molecular weight excluding hydrogens is 164 g/mol. The molecule has 0 aromatic heterocycles. The van der Waals surface area contributed by atoms with Gasteiger partial charge in [-0.1, -0.05) is 12.5 Å². The average Bonchev–Trinajstić information content (AvgIpc) is 2.07. The van der Waals surface area contributed by atoms with Crippen LogP contribution in [0.1, 0.15) is 19.3 Å². The van der Waals surface area contributed by atoms with Crippen molar-refractivity contribution in [2.24, 2.45) is 5.41 Å². The number of carbonyl (C=O) groups is 1. The van der Waals surface area contributed by atoms with Gasteiger partial charge in [0.05, 0.1) is 5.41 Å². The lowest BCUT2D eigenvalue weighted by Gasteiger charge is -2.40. The molecule has 1 rings (SSSR count). The summed E-state index contributed by atoms with van der Waals surface area (Å²) in [6.07, 6.45) is 4.90. The van der Waals surface area contributed by atoms with E-state index < -0.39 is 0 Å². The molecule has 2 N–H and O–H groups in total. The summed E-state index contributed by atoms with van der Waals surface area (Å²) in [5.41, 5.74) is -0.127. The van der Waals surface area contributed by atoms with E-state index >= 15 is 0 Å². The molecule has 0 aromatic rings. The first-order chi connectivity index (χ1) is 6.25. The molecule has 13 heavy (non-hydrogen) atoms. The highest BCUT2D eigenvalue weighted by atomic mass is 16.2. The van der Waals surface area contributed by atoms with Gasteiger partial charge in [0.25, 0.3) is 0 Å². The first kappa shape index (κ1) is 10.3. The molecule has 0 aromatic carbocycles. The third-order valence-electron chi connectivity index (χ3n) is 2.71. The Kier molecular flexibility index (Phi) is 3.48. The van der Waals surface area contributed by atoms with E-state index in [9.17, 15) is 4.79 Å². The lowest BCUT2D eigenvalue weighted by atomic mass is 9.68. The normalized spacial score (nSPS) is 18.8. The van der Waals surface area contributed by atoms with Gasteiger partial charge in [0.2, 0.25) is 5.91 Å². The number of carbonyl (C=O) groups excluding carboxylic acids is 1. The number of nitrogens with one attached hydrogen (secondary N) is 2. The molecule has 0 atom stereocenters. The van der Waals surface area contributed by atoms with Crippen LogP contribution in [0.4, 0.5) is 0 Å². The van der Waals surface area contributed by atoms with Crippen LogP contribution in [0.25, 0.3) is 0 Å². The quantitative estimate of drug-likeness (QED) is 0.614. The van der Waals surface area contributed by atoms with E-state index in [0.717, 1.165) is 19.4 Å². The maximum absolute atomic E-state index is 11.7. The Labute approximate surface area is 79.6 Å². The fourth-order valence-electron chi connectivity index (χ4n) is 1.78. The Morgan fingerprint density at radius 2 is 2.31 bits per heavy atom. The van der Waals surface area contributed by atoms with E-state index in [-0.39, 0.29) is 11.3 Å². The van der Waals surface area contributed by atoms with Crippen LogP contribution in [0.3, 0.4) is 0 Å². The third-order valence-corrected chi connectivity index (χ3v) is 2.71. The minimum atomic E-state index is -0.127. The summed E-state index contributed by atoms with van der Waals surface area (Å²) in [4.78, 5) is 11.7. The molecule has 3 heteroatoms. The standard InChI is InChI=1S/C10H18N2O/c1-3-7-12-9(13)10(8-11-2)5-4-6-10/h3,11H,1,4-8H2,2H3,(H,12,13). The first-order valence-corrected chi connectivity index (χ1v) is 4.79. The minimum Gasteiger partial charge on any atom is -0.352 e. The van der Waals surface area contributed by atoms with Crippen LogP contribution in [0.5, 0.6) is 0 Å². The van der Waals surface area contributed by atoms with Crippen LogP contribution >= 0.6 is 0 Å². The summed E-state index contributed by atoms with van der Waals surface area (Å²) in [5.74, 6) is 0.174. The molecule has 1 aliphatic rings. The molecule has 0 bridgehead atoms. The van der Waals surface area contributed by atoms with E-state index in [1.165, 1.54) is 6.42 Å². The van der Waals surface area contributed by atoms with Crippen molar-refractivity contribution in [3.63, 3.8) is 0 Å². The Bertz CT molecular complexity index is 197. The van der Waals surface area contributed by atoms with Gasteiger partial charge in [-0.25, -0.2) is 0 Å². The second-order valence-electron chi connectivity index (χ2n) is 3.66. The lowest BCUT2D eigenvalue weighted by molar-refractivity contribution is -0.135. The van der Waals surface area contributed by atoms with E-state index in [2.05, 4.69) is 17.2 Å². The highest BCUT2D eigenvalue weighted by Crippen LogP contribution is 2.40. The highest BCUT2D eigenvalue weighted by molar-refractivity contribution is 5.83. The largest absolute Gasteiger partial charge is 0.352 e. The van der Waals surface area contributed by atoms with Crippen LogP contribution in [0.2, 0.25) is 0 Å². The minimum absolute atomic E-state index is 0.127. The Hall–Kier alpha value is -0.830. The molecule has 74 valence electrons. The summed E-state index contributed by atoms with van der Waals surface area (Å²) < 4.78 is 0. The second kappa shape index (κ2) is 4.42. The fraction of sp³-hybridized carbons (Fsp3) is 0.700. The van der Waals surface area contributed by atoms with Crippen LogP contribution in [0.15, 0.2) is 12.7 Å². The second-order valence-corrected chi connectivity index (χ2v) is 3.66. The molecule has 0 saturated heterocycles. The zero-order valence-electron chi connectivity index (χ0n) is 8.23. The fourth-order valence-corrected chi connectivity index (χ4v) is 1.78. The van der Waals surface area contributed by atoms with Crippen LogP contribution < -0.4 is 10.6 Å². The Morgan fingerprint density at radius 3 is 2.69 bits per heavy atom. The summed E-state index contributed by atoms with van der Waals surface area (Å²) in [5, 5.41) is 5.94. The Balaban J connectivity index is 2.44. The molecule has 1 saturated carbocycles. The topological polar surface area (TPSA) is 41.1 Å². The van der Waals surface area contributed by atoms with Crippen molar-refractivity contribution in [2.75, 3.05) is 20.1 Å². The van der Waals surface area contributed by atoms with E-state index in [4.69, 9.17) is 0 Å². The number of hydrogen-bond donors (Lipinski definition) is 2. The molecule has 1 fully saturated rings. The smallest absolute Gasteiger partial charge is 0.227 e. The van der Waals surface area contributed by atoms with E-state index in [0.29, 0.717) is 6.54 Å². The SMILES string of the molecule is C=CCNC(=O)C1(CNC)CCC1. The summed E-state index contributed by atoms with van der Waals surface area (Å²) >= 11 is 0. The third kappa shape index (κ3) is 2.10. The van der Waals surface area contributed by atoms with Gasteiger partial charge >= 0.3 is 0 Å². The molecular formula is C10H18N2O. The molecule has 0 unspecified atom stereocenters. The van der Waals surface area contributed by atoms with Gasteiger partial charge in [0.1, 0.15) is 0 Å². The van der Waals surface area contributed by atoms with Gasteiger partial charge in [-0.3, -0.25) is 4.79 Å².